The lowest BCUT2D eigenvalue weighted by Gasteiger charge is -2.32. The third-order valence-electron chi connectivity index (χ3n) is 4.50. The molecule has 1 spiro atoms. The predicted molar refractivity (Wildman–Crippen MR) is 90.4 cm³/mol. The van der Waals surface area contributed by atoms with Gasteiger partial charge in [0.2, 0.25) is 0 Å². The summed E-state index contributed by atoms with van der Waals surface area (Å²) in [6, 6.07) is 8.21. The summed E-state index contributed by atoms with van der Waals surface area (Å²) in [6.07, 6.45) is 7.68. The summed E-state index contributed by atoms with van der Waals surface area (Å²) in [5.74, 6) is 2.16. The Balaban J connectivity index is 1.55. The summed E-state index contributed by atoms with van der Waals surface area (Å²) in [4.78, 5) is 4.76. The first-order chi connectivity index (χ1) is 10.3. The molecular formula is C17H24N2OS. The molecule has 0 atom stereocenters. The van der Waals surface area contributed by atoms with Crippen LogP contribution in [0.2, 0.25) is 0 Å². The van der Waals surface area contributed by atoms with Crippen molar-refractivity contribution >= 4 is 16.9 Å². The number of benzene rings is 1. The lowest BCUT2D eigenvalue weighted by Crippen LogP contribution is -2.45. The van der Waals surface area contributed by atoms with E-state index in [1.807, 2.05) is 23.9 Å². The van der Waals surface area contributed by atoms with E-state index in [0.717, 1.165) is 23.9 Å². The lowest BCUT2D eigenvalue weighted by molar-refractivity contribution is 0.303. The van der Waals surface area contributed by atoms with Gasteiger partial charge in [-0.3, -0.25) is 4.99 Å². The molecule has 0 radical (unpaired) electrons. The smallest absolute Gasteiger partial charge is 0.157 e. The molecule has 3 rings (SSSR count). The van der Waals surface area contributed by atoms with Gasteiger partial charge in [-0.2, -0.15) is 0 Å². The fourth-order valence-electron chi connectivity index (χ4n) is 3.28. The standard InChI is InChI=1S/C17H24N2OS/c1-20-15-8-4-3-7-14(15)9-12-18-16-19-17(13-21-16)10-5-2-6-11-17/h3-4,7-8H,2,5-6,9-13H2,1H3,(H,18,19). The summed E-state index contributed by atoms with van der Waals surface area (Å²) >= 11 is 1.90. The molecule has 1 saturated carbocycles. The van der Waals surface area contributed by atoms with Crippen molar-refractivity contribution in [2.24, 2.45) is 4.99 Å². The Morgan fingerprint density at radius 3 is 2.86 bits per heavy atom. The molecule has 1 aromatic carbocycles. The van der Waals surface area contributed by atoms with E-state index in [2.05, 4.69) is 17.4 Å². The highest BCUT2D eigenvalue weighted by Crippen LogP contribution is 2.36. The van der Waals surface area contributed by atoms with E-state index in [1.54, 1.807) is 7.11 Å². The fraction of sp³-hybridized carbons (Fsp3) is 0.588. The molecular weight excluding hydrogens is 280 g/mol. The SMILES string of the molecule is COc1ccccc1CCN=C1NC2(CCCCC2)CS1. The first kappa shape index (κ1) is 14.8. The van der Waals surface area contributed by atoms with Crippen LogP contribution < -0.4 is 10.1 Å². The maximum Gasteiger partial charge on any atom is 0.157 e. The van der Waals surface area contributed by atoms with Gasteiger partial charge in [0, 0.05) is 17.8 Å². The molecule has 3 nitrogen and oxygen atoms in total. The van der Waals surface area contributed by atoms with Crippen LogP contribution in [-0.2, 0) is 6.42 Å². The monoisotopic (exact) mass is 304 g/mol. The molecule has 1 aliphatic carbocycles. The summed E-state index contributed by atoms with van der Waals surface area (Å²) in [5.41, 5.74) is 1.59. The second kappa shape index (κ2) is 6.73. The van der Waals surface area contributed by atoms with Crippen molar-refractivity contribution in [1.82, 2.24) is 5.32 Å². The van der Waals surface area contributed by atoms with Crippen molar-refractivity contribution in [1.29, 1.82) is 0 Å². The first-order valence-corrected chi connectivity index (χ1v) is 8.87. The van der Waals surface area contributed by atoms with Gasteiger partial charge >= 0.3 is 0 Å². The molecule has 0 amide bonds. The second-order valence-corrected chi connectivity index (χ2v) is 6.97. The van der Waals surface area contributed by atoms with E-state index in [9.17, 15) is 0 Å². The Morgan fingerprint density at radius 2 is 2.05 bits per heavy atom. The van der Waals surface area contributed by atoms with E-state index in [0.29, 0.717) is 5.54 Å². The Bertz CT molecular complexity index is 509. The highest BCUT2D eigenvalue weighted by atomic mass is 32.2. The van der Waals surface area contributed by atoms with Gasteiger partial charge in [-0.25, -0.2) is 0 Å². The number of hydrogen-bond donors (Lipinski definition) is 1. The third kappa shape index (κ3) is 3.54. The molecule has 1 N–H and O–H groups in total. The normalized spacial score (nSPS) is 22.4. The van der Waals surface area contributed by atoms with Crippen LogP contribution >= 0.6 is 11.8 Å². The van der Waals surface area contributed by atoms with Crippen LogP contribution in [0.15, 0.2) is 29.3 Å². The van der Waals surface area contributed by atoms with Crippen LogP contribution in [0.1, 0.15) is 37.7 Å². The average Bonchev–Trinajstić information content (AvgIpc) is 2.91. The number of ether oxygens (including phenoxy) is 1. The summed E-state index contributed by atoms with van der Waals surface area (Å²) in [7, 11) is 1.73. The van der Waals surface area contributed by atoms with Crippen LogP contribution in [0.25, 0.3) is 0 Å². The minimum atomic E-state index is 0.353. The Kier molecular flexibility index (Phi) is 4.73. The van der Waals surface area contributed by atoms with Gasteiger partial charge in [0.15, 0.2) is 5.17 Å². The molecule has 1 saturated heterocycles. The van der Waals surface area contributed by atoms with Crippen LogP contribution in [0.5, 0.6) is 5.75 Å². The number of hydrogen-bond acceptors (Lipinski definition) is 3. The second-order valence-electron chi connectivity index (χ2n) is 6.00. The van der Waals surface area contributed by atoms with E-state index in [-0.39, 0.29) is 0 Å². The number of para-hydroxylation sites is 1. The molecule has 4 heteroatoms. The molecule has 0 bridgehead atoms. The van der Waals surface area contributed by atoms with Crippen molar-refractivity contribution in [3.63, 3.8) is 0 Å². The minimum absolute atomic E-state index is 0.353. The van der Waals surface area contributed by atoms with Gasteiger partial charge in [-0.1, -0.05) is 49.2 Å². The predicted octanol–water partition coefficient (Wildman–Crippen LogP) is 3.63. The molecule has 21 heavy (non-hydrogen) atoms. The quantitative estimate of drug-likeness (QED) is 0.922. The Morgan fingerprint density at radius 1 is 1.24 bits per heavy atom. The van der Waals surface area contributed by atoms with Crippen LogP contribution in [0, 0.1) is 0 Å². The van der Waals surface area contributed by atoms with Crippen molar-refractivity contribution in [3.05, 3.63) is 29.8 Å². The van der Waals surface area contributed by atoms with Gasteiger partial charge in [0.1, 0.15) is 5.75 Å². The van der Waals surface area contributed by atoms with E-state index < -0.39 is 0 Å². The van der Waals surface area contributed by atoms with Crippen molar-refractivity contribution < 1.29 is 4.74 Å². The lowest BCUT2D eigenvalue weighted by atomic mass is 9.83. The van der Waals surface area contributed by atoms with Gasteiger partial charge in [0.25, 0.3) is 0 Å². The largest absolute Gasteiger partial charge is 0.496 e. The Hall–Kier alpha value is -1.16. The van der Waals surface area contributed by atoms with E-state index in [4.69, 9.17) is 9.73 Å². The maximum absolute atomic E-state index is 5.39. The summed E-state index contributed by atoms with van der Waals surface area (Å²) in [5, 5.41) is 4.85. The van der Waals surface area contributed by atoms with Gasteiger partial charge in [-0.15, -0.1) is 0 Å². The van der Waals surface area contributed by atoms with Crippen LogP contribution in [-0.4, -0.2) is 30.1 Å². The number of thioether (sulfide) groups is 1. The third-order valence-corrected chi connectivity index (χ3v) is 5.70. The molecule has 2 aliphatic rings. The topological polar surface area (TPSA) is 33.6 Å². The number of methoxy groups -OCH3 is 1. The van der Waals surface area contributed by atoms with E-state index >= 15 is 0 Å². The first-order valence-electron chi connectivity index (χ1n) is 7.89. The molecule has 0 unspecified atom stereocenters. The van der Waals surface area contributed by atoms with Gasteiger partial charge in [-0.05, 0) is 30.9 Å². The average molecular weight is 304 g/mol. The number of nitrogens with zero attached hydrogens (tertiary/aromatic N) is 1. The van der Waals surface area contributed by atoms with Crippen molar-refractivity contribution in [2.45, 2.75) is 44.1 Å². The zero-order valence-corrected chi connectivity index (χ0v) is 13.5. The minimum Gasteiger partial charge on any atom is -0.496 e. The number of rotatable bonds is 4. The van der Waals surface area contributed by atoms with Gasteiger partial charge in [0.05, 0.1) is 7.11 Å². The van der Waals surface area contributed by atoms with Gasteiger partial charge < -0.3 is 10.1 Å². The van der Waals surface area contributed by atoms with Crippen molar-refractivity contribution in [2.75, 3.05) is 19.4 Å². The molecule has 1 heterocycles. The number of amidine groups is 1. The van der Waals surface area contributed by atoms with Crippen LogP contribution in [0.3, 0.4) is 0 Å². The maximum atomic E-state index is 5.39. The fourth-order valence-corrected chi connectivity index (χ4v) is 4.52. The van der Waals surface area contributed by atoms with Crippen LogP contribution in [0.4, 0.5) is 0 Å². The van der Waals surface area contributed by atoms with Crippen molar-refractivity contribution in [3.8, 4) is 5.75 Å². The summed E-state index contributed by atoms with van der Waals surface area (Å²) in [6.45, 7) is 0.825. The molecule has 2 fully saturated rings. The Labute approximate surface area is 131 Å². The summed E-state index contributed by atoms with van der Waals surface area (Å²) < 4.78 is 5.39. The highest BCUT2D eigenvalue weighted by molar-refractivity contribution is 8.14. The number of nitrogens with one attached hydrogen (secondary N) is 1. The molecule has 114 valence electrons. The zero-order chi connectivity index (χ0) is 14.5. The zero-order valence-electron chi connectivity index (χ0n) is 12.7. The molecule has 1 aromatic rings. The van der Waals surface area contributed by atoms with E-state index in [1.165, 1.54) is 43.4 Å². The number of aliphatic imine (C=N–C) groups is 1. The molecule has 0 aromatic heterocycles. The molecule has 1 aliphatic heterocycles. The highest BCUT2D eigenvalue weighted by Gasteiger charge is 2.37.